The highest BCUT2D eigenvalue weighted by atomic mass is 16.5. The number of hydrogen-bond acceptors (Lipinski definition) is 3. The summed E-state index contributed by atoms with van der Waals surface area (Å²) in [7, 11) is 1.37. The molecule has 0 aromatic heterocycles. The second-order valence-electron chi connectivity index (χ2n) is 2.71. The summed E-state index contributed by atoms with van der Waals surface area (Å²) in [5.41, 5.74) is -0.988. The highest BCUT2D eigenvalue weighted by Crippen LogP contribution is 2.10. The summed E-state index contributed by atoms with van der Waals surface area (Å²) in [5, 5.41) is 8.27. The van der Waals surface area contributed by atoms with Gasteiger partial charge in [0.1, 0.15) is 12.0 Å². The topological polar surface area (TPSA) is 63.6 Å². The molecule has 0 saturated carbocycles. The van der Waals surface area contributed by atoms with Gasteiger partial charge in [-0.15, -0.1) is 0 Å². The molecular weight excluding hydrogens is 148 g/mol. The average molecular weight is 160 g/mol. The Balaban J connectivity index is 4.13. The van der Waals surface area contributed by atoms with Gasteiger partial charge in [-0.25, -0.2) is 0 Å². The van der Waals surface area contributed by atoms with Crippen molar-refractivity contribution >= 4 is 11.8 Å². The third kappa shape index (κ3) is 3.13. The Kier molecular flexibility index (Phi) is 3.19. The molecule has 0 unspecified atom stereocenters. The molecule has 4 nitrogen and oxygen atoms in total. The van der Waals surface area contributed by atoms with E-state index in [1.54, 1.807) is 0 Å². The van der Waals surface area contributed by atoms with Crippen molar-refractivity contribution in [3.05, 3.63) is 0 Å². The van der Waals surface area contributed by atoms with E-state index in [-0.39, 0.29) is 0 Å². The second kappa shape index (κ2) is 3.48. The molecule has 1 N–H and O–H groups in total. The largest absolute Gasteiger partial charge is 0.481 e. The average Bonchev–Trinajstić information content (AvgIpc) is 1.86. The van der Waals surface area contributed by atoms with Crippen LogP contribution in [0.15, 0.2) is 0 Å². The van der Waals surface area contributed by atoms with Crippen LogP contribution in [0.3, 0.4) is 0 Å². The summed E-state index contributed by atoms with van der Waals surface area (Å²) < 4.78 is 4.79. The van der Waals surface area contributed by atoms with Crippen molar-refractivity contribution in [1.29, 1.82) is 0 Å². The molecular formula is C7H12O4. The molecule has 0 atom stereocenters. The van der Waals surface area contributed by atoms with Gasteiger partial charge in [0, 0.05) is 7.11 Å². The Morgan fingerprint density at radius 3 is 2.18 bits per heavy atom. The fourth-order valence-corrected chi connectivity index (χ4v) is 0.464. The van der Waals surface area contributed by atoms with Gasteiger partial charge in [-0.3, -0.25) is 9.59 Å². The third-order valence-corrected chi connectivity index (χ3v) is 1.49. The fraction of sp³-hybridized carbons (Fsp3) is 0.714. The maximum atomic E-state index is 11.0. The van der Waals surface area contributed by atoms with E-state index in [0.29, 0.717) is 0 Å². The number of hydrogen-bond donors (Lipinski definition) is 1. The summed E-state index contributed by atoms with van der Waals surface area (Å²) in [4.78, 5) is 21.1. The minimum absolute atomic E-state index is 0.424. The first-order valence-corrected chi connectivity index (χ1v) is 3.20. The molecule has 0 spiro atoms. The van der Waals surface area contributed by atoms with Crippen molar-refractivity contribution in [2.45, 2.75) is 25.9 Å². The van der Waals surface area contributed by atoms with Gasteiger partial charge in [0.05, 0.1) is 0 Å². The zero-order chi connectivity index (χ0) is 9.07. The lowest BCUT2D eigenvalue weighted by atomic mass is 10.0. The molecule has 11 heavy (non-hydrogen) atoms. The molecule has 0 aromatic carbocycles. The zero-order valence-corrected chi connectivity index (χ0v) is 6.88. The fourth-order valence-electron chi connectivity index (χ4n) is 0.464. The van der Waals surface area contributed by atoms with Gasteiger partial charge in [-0.05, 0) is 13.8 Å². The first-order valence-electron chi connectivity index (χ1n) is 3.20. The monoisotopic (exact) mass is 160 g/mol. The van der Waals surface area contributed by atoms with E-state index < -0.39 is 23.8 Å². The number of carboxylic acid groups (broad SMARTS) is 1. The van der Waals surface area contributed by atoms with Gasteiger partial charge in [0.25, 0.3) is 0 Å². The van der Waals surface area contributed by atoms with Crippen LogP contribution in [0.2, 0.25) is 0 Å². The molecule has 0 aliphatic rings. The molecule has 0 fully saturated rings. The number of carbonyl (C=O) groups excluding carboxylic acids is 1. The van der Waals surface area contributed by atoms with Crippen molar-refractivity contribution in [1.82, 2.24) is 0 Å². The standard InChI is InChI=1S/C7H12O4/c1-7(2,11-3)5(8)4-6(9)10/h4H2,1-3H3,(H,9,10). The normalized spacial score (nSPS) is 11.2. The Morgan fingerprint density at radius 2 is 1.91 bits per heavy atom. The summed E-state index contributed by atoms with van der Waals surface area (Å²) in [6.07, 6.45) is -0.485. The van der Waals surface area contributed by atoms with Gasteiger partial charge in [-0.2, -0.15) is 0 Å². The molecule has 0 rings (SSSR count). The number of carboxylic acids is 1. The zero-order valence-electron chi connectivity index (χ0n) is 6.88. The van der Waals surface area contributed by atoms with E-state index in [9.17, 15) is 9.59 Å². The van der Waals surface area contributed by atoms with Crippen molar-refractivity contribution in [2.75, 3.05) is 7.11 Å². The Labute approximate surface area is 65.2 Å². The lowest BCUT2D eigenvalue weighted by Crippen LogP contribution is -2.35. The maximum absolute atomic E-state index is 11.0. The van der Waals surface area contributed by atoms with Crippen LogP contribution in [0.5, 0.6) is 0 Å². The van der Waals surface area contributed by atoms with Crippen LogP contribution < -0.4 is 0 Å². The van der Waals surface area contributed by atoms with Crippen molar-refractivity contribution in [2.24, 2.45) is 0 Å². The quantitative estimate of drug-likeness (QED) is 0.606. The summed E-state index contributed by atoms with van der Waals surface area (Å²) >= 11 is 0. The van der Waals surface area contributed by atoms with Crippen LogP contribution in [0.25, 0.3) is 0 Å². The molecule has 0 heterocycles. The highest BCUT2D eigenvalue weighted by molar-refractivity contribution is 5.99. The number of Topliss-reactive ketones (excluding diaryl/α,β-unsaturated/α-hetero) is 1. The van der Waals surface area contributed by atoms with Crippen LogP contribution in [0.1, 0.15) is 20.3 Å². The molecule has 4 heteroatoms. The van der Waals surface area contributed by atoms with E-state index in [1.807, 2.05) is 0 Å². The van der Waals surface area contributed by atoms with Gasteiger partial charge in [0.15, 0.2) is 5.78 Å². The molecule has 0 radical (unpaired) electrons. The van der Waals surface area contributed by atoms with Gasteiger partial charge >= 0.3 is 5.97 Å². The van der Waals surface area contributed by atoms with Crippen molar-refractivity contribution < 1.29 is 19.4 Å². The first kappa shape index (κ1) is 10.1. The van der Waals surface area contributed by atoms with Crippen LogP contribution in [-0.2, 0) is 14.3 Å². The summed E-state index contributed by atoms with van der Waals surface area (Å²) in [6.45, 7) is 3.08. The van der Waals surface area contributed by atoms with E-state index in [1.165, 1.54) is 21.0 Å². The summed E-state index contributed by atoms with van der Waals surface area (Å²) in [5.74, 6) is -1.55. The van der Waals surface area contributed by atoms with E-state index >= 15 is 0 Å². The number of ether oxygens (including phenoxy) is 1. The number of rotatable bonds is 4. The molecule has 0 bridgehead atoms. The maximum Gasteiger partial charge on any atom is 0.310 e. The molecule has 0 aliphatic heterocycles. The molecule has 0 saturated heterocycles. The first-order chi connectivity index (χ1) is 4.90. The Bertz CT molecular complexity index is 171. The van der Waals surface area contributed by atoms with Crippen molar-refractivity contribution in [3.8, 4) is 0 Å². The van der Waals surface area contributed by atoms with Crippen molar-refractivity contribution in [3.63, 3.8) is 0 Å². The Morgan fingerprint density at radius 1 is 1.45 bits per heavy atom. The van der Waals surface area contributed by atoms with E-state index in [0.717, 1.165) is 0 Å². The van der Waals surface area contributed by atoms with Gasteiger partial charge in [0.2, 0.25) is 0 Å². The molecule has 0 aliphatic carbocycles. The second-order valence-corrected chi connectivity index (χ2v) is 2.71. The van der Waals surface area contributed by atoms with Crippen LogP contribution in [0, 0.1) is 0 Å². The molecule has 64 valence electrons. The van der Waals surface area contributed by atoms with Gasteiger partial charge in [-0.1, -0.05) is 0 Å². The van der Waals surface area contributed by atoms with Crippen LogP contribution >= 0.6 is 0 Å². The number of aliphatic carboxylic acids is 1. The SMILES string of the molecule is COC(C)(C)C(=O)CC(=O)O. The predicted octanol–water partition coefficient (Wildman–Crippen LogP) is 0.455. The number of ketones is 1. The van der Waals surface area contributed by atoms with Crippen LogP contribution in [-0.4, -0.2) is 29.6 Å². The lowest BCUT2D eigenvalue weighted by molar-refractivity contribution is -0.147. The lowest BCUT2D eigenvalue weighted by Gasteiger charge is -2.19. The summed E-state index contributed by atoms with van der Waals surface area (Å²) in [6, 6.07) is 0. The predicted molar refractivity (Wildman–Crippen MR) is 38.3 cm³/mol. The third-order valence-electron chi connectivity index (χ3n) is 1.49. The highest BCUT2D eigenvalue weighted by Gasteiger charge is 2.28. The van der Waals surface area contributed by atoms with Crippen LogP contribution in [0.4, 0.5) is 0 Å². The van der Waals surface area contributed by atoms with Gasteiger partial charge < -0.3 is 9.84 Å². The van der Waals surface area contributed by atoms with E-state index in [2.05, 4.69) is 0 Å². The molecule has 0 aromatic rings. The number of methoxy groups -OCH3 is 1. The molecule has 0 amide bonds. The van der Waals surface area contributed by atoms with E-state index in [4.69, 9.17) is 9.84 Å². The smallest absolute Gasteiger partial charge is 0.310 e. The number of carbonyl (C=O) groups is 2. The minimum Gasteiger partial charge on any atom is -0.481 e. The Hall–Kier alpha value is -0.900. The minimum atomic E-state index is -1.12.